The summed E-state index contributed by atoms with van der Waals surface area (Å²) in [6.45, 7) is 3.06. The fraction of sp³-hybridized carbons (Fsp3) is 0.375. The number of hydrogen-bond acceptors (Lipinski definition) is 5. The number of aromatic nitrogens is 4. The predicted molar refractivity (Wildman–Crippen MR) is 119 cm³/mol. The summed E-state index contributed by atoms with van der Waals surface area (Å²) in [5, 5.41) is 12.8. The van der Waals surface area contributed by atoms with Crippen LogP contribution < -0.4 is 5.32 Å². The number of benzene rings is 1. The van der Waals surface area contributed by atoms with Crippen LogP contribution in [0.2, 0.25) is 0 Å². The first-order chi connectivity index (χ1) is 15.9. The quantitative estimate of drug-likeness (QED) is 0.504. The Bertz CT molecular complexity index is 1350. The Kier molecular flexibility index (Phi) is 4.67. The molecule has 33 heavy (non-hydrogen) atoms. The molecular weight excluding hydrogens is 429 g/mol. The molecule has 5 heterocycles. The molecule has 0 saturated carbocycles. The lowest BCUT2D eigenvalue weighted by molar-refractivity contribution is -0.190. The molecule has 1 N–H and O–H groups in total. The highest BCUT2D eigenvalue weighted by Gasteiger charge is 2.51. The Morgan fingerprint density at radius 3 is 2.73 bits per heavy atom. The van der Waals surface area contributed by atoms with E-state index in [1.165, 1.54) is 12.3 Å². The van der Waals surface area contributed by atoms with Gasteiger partial charge in [-0.1, -0.05) is 37.3 Å². The van der Waals surface area contributed by atoms with Gasteiger partial charge in [-0.05, 0) is 36.1 Å². The number of rotatable bonds is 4. The van der Waals surface area contributed by atoms with E-state index < -0.39 is 12.2 Å². The molecule has 0 aliphatic carbocycles. The molecule has 0 spiro atoms. The van der Waals surface area contributed by atoms with Gasteiger partial charge in [0.2, 0.25) is 0 Å². The highest BCUT2D eigenvalue weighted by atomic mass is 19.4. The van der Waals surface area contributed by atoms with Gasteiger partial charge in [0.05, 0.1) is 5.52 Å². The Morgan fingerprint density at radius 1 is 1.12 bits per heavy atom. The molecule has 170 valence electrons. The molecule has 3 aromatic heterocycles. The van der Waals surface area contributed by atoms with Crippen molar-refractivity contribution in [3.8, 4) is 11.5 Å². The van der Waals surface area contributed by atoms with Gasteiger partial charge in [0.25, 0.3) is 0 Å². The predicted octanol–water partition coefficient (Wildman–Crippen LogP) is 4.16. The van der Waals surface area contributed by atoms with Gasteiger partial charge in [-0.2, -0.15) is 13.2 Å². The van der Waals surface area contributed by atoms with E-state index in [0.29, 0.717) is 30.3 Å². The molecule has 6 rings (SSSR count). The number of hydrogen-bond donors (Lipinski definition) is 1. The summed E-state index contributed by atoms with van der Waals surface area (Å²) in [6.07, 6.45) is -1.27. The first kappa shape index (κ1) is 20.6. The lowest BCUT2D eigenvalue weighted by Gasteiger charge is -2.36. The van der Waals surface area contributed by atoms with Crippen molar-refractivity contribution in [3.05, 3.63) is 59.8 Å². The second-order valence-electron chi connectivity index (χ2n) is 8.89. The fourth-order valence-electron chi connectivity index (χ4n) is 5.34. The molecule has 3 atom stereocenters. The number of fused-ring (bicyclic) bond motifs is 4. The van der Waals surface area contributed by atoms with E-state index in [4.69, 9.17) is 4.98 Å². The van der Waals surface area contributed by atoms with Crippen molar-refractivity contribution >= 4 is 16.6 Å². The second-order valence-corrected chi connectivity index (χ2v) is 8.89. The molecule has 2 aliphatic heterocycles. The summed E-state index contributed by atoms with van der Waals surface area (Å²) in [6, 6.07) is 11.3. The monoisotopic (exact) mass is 452 g/mol. The lowest BCUT2D eigenvalue weighted by atomic mass is 10.1. The standard InChI is InChI=1S/C24H23F3N6/c1-2-14-4-3-5-15-6-8-19(29-21(14)15)23-31-30-20-9-7-16(12-33(20)23)22(24(25,26)27)32-13-17-10-18(32)11-28-17/h3-9,12,17-18,22,28H,2,10-11,13H2,1H3/t17-,18-,22+/m0/s1. The number of aryl methyl sites for hydroxylation is 1. The summed E-state index contributed by atoms with van der Waals surface area (Å²) in [4.78, 5) is 6.40. The van der Waals surface area contributed by atoms with E-state index in [-0.39, 0.29) is 17.6 Å². The SMILES string of the molecule is CCc1cccc2ccc(-c3nnc4ccc([C@@H](N5C[C@@H]6C[C@H]5CN6)C(F)(F)F)cn34)nc12. The maximum atomic E-state index is 14.3. The number of halogens is 3. The fourth-order valence-corrected chi connectivity index (χ4v) is 5.34. The molecule has 2 bridgehead atoms. The molecule has 9 heteroatoms. The first-order valence-corrected chi connectivity index (χ1v) is 11.2. The summed E-state index contributed by atoms with van der Waals surface area (Å²) in [7, 11) is 0. The van der Waals surface area contributed by atoms with E-state index in [2.05, 4.69) is 22.4 Å². The normalized spacial score (nSPS) is 21.9. The maximum absolute atomic E-state index is 14.3. The van der Waals surface area contributed by atoms with Crippen molar-refractivity contribution in [2.75, 3.05) is 13.1 Å². The Hall–Kier alpha value is -3.04. The second kappa shape index (κ2) is 7.50. The van der Waals surface area contributed by atoms with Gasteiger partial charge in [0, 0.05) is 36.8 Å². The number of likely N-dealkylation sites (tertiary alicyclic amines) is 1. The van der Waals surface area contributed by atoms with Gasteiger partial charge in [0.15, 0.2) is 11.5 Å². The Balaban J connectivity index is 1.46. The molecule has 0 amide bonds. The van der Waals surface area contributed by atoms with E-state index >= 15 is 0 Å². The van der Waals surface area contributed by atoms with Crippen LogP contribution in [-0.2, 0) is 6.42 Å². The van der Waals surface area contributed by atoms with Crippen LogP contribution in [0.15, 0.2) is 48.7 Å². The van der Waals surface area contributed by atoms with Crippen LogP contribution in [0.1, 0.15) is 30.5 Å². The largest absolute Gasteiger partial charge is 0.408 e. The van der Waals surface area contributed by atoms with E-state index in [0.717, 1.165) is 29.3 Å². The number of pyridine rings is 2. The van der Waals surface area contributed by atoms with Crippen molar-refractivity contribution in [2.24, 2.45) is 0 Å². The highest BCUT2D eigenvalue weighted by molar-refractivity contribution is 5.84. The third-order valence-corrected chi connectivity index (χ3v) is 6.90. The minimum absolute atomic E-state index is 0.104. The van der Waals surface area contributed by atoms with Gasteiger partial charge in [-0.25, -0.2) is 4.98 Å². The molecule has 6 nitrogen and oxygen atoms in total. The summed E-state index contributed by atoms with van der Waals surface area (Å²) >= 11 is 0. The third kappa shape index (κ3) is 3.38. The number of nitrogens with zero attached hydrogens (tertiary/aromatic N) is 5. The minimum atomic E-state index is -4.39. The average Bonchev–Trinajstić information content (AvgIpc) is 3.53. The van der Waals surface area contributed by atoms with Crippen molar-refractivity contribution in [3.63, 3.8) is 0 Å². The summed E-state index contributed by atoms with van der Waals surface area (Å²) < 4.78 is 44.5. The number of para-hydroxylation sites is 1. The molecular formula is C24H23F3N6. The van der Waals surface area contributed by atoms with Gasteiger partial charge in [-0.3, -0.25) is 9.30 Å². The van der Waals surface area contributed by atoms with E-state index in [1.54, 1.807) is 15.4 Å². The number of alkyl halides is 3. The molecule has 2 fully saturated rings. The number of piperazine rings is 1. The lowest BCUT2D eigenvalue weighted by Crippen LogP contribution is -2.49. The molecule has 4 aromatic rings. The van der Waals surface area contributed by atoms with Crippen molar-refractivity contribution in [2.45, 2.75) is 44.1 Å². The van der Waals surface area contributed by atoms with Crippen LogP contribution in [0.4, 0.5) is 13.2 Å². The molecule has 2 aliphatic rings. The smallest absolute Gasteiger partial charge is 0.311 e. The van der Waals surface area contributed by atoms with Crippen LogP contribution >= 0.6 is 0 Å². The van der Waals surface area contributed by atoms with Crippen LogP contribution in [0.5, 0.6) is 0 Å². The average molecular weight is 452 g/mol. The topological polar surface area (TPSA) is 58.4 Å². The maximum Gasteiger partial charge on any atom is 0.408 e. The van der Waals surface area contributed by atoms with Gasteiger partial charge < -0.3 is 5.32 Å². The highest BCUT2D eigenvalue weighted by Crippen LogP contribution is 2.42. The van der Waals surface area contributed by atoms with Crippen LogP contribution in [0, 0.1) is 0 Å². The zero-order valence-electron chi connectivity index (χ0n) is 18.0. The summed E-state index contributed by atoms with van der Waals surface area (Å²) in [5.41, 5.74) is 3.25. The third-order valence-electron chi connectivity index (χ3n) is 6.90. The zero-order valence-corrected chi connectivity index (χ0v) is 18.0. The Labute approximate surface area is 188 Å². The molecule has 0 radical (unpaired) electrons. The summed E-state index contributed by atoms with van der Waals surface area (Å²) in [5.74, 6) is 0.435. The number of nitrogens with one attached hydrogen (secondary N) is 1. The van der Waals surface area contributed by atoms with Crippen molar-refractivity contribution in [1.29, 1.82) is 0 Å². The van der Waals surface area contributed by atoms with Crippen LogP contribution in [0.25, 0.3) is 28.1 Å². The van der Waals surface area contributed by atoms with Crippen molar-refractivity contribution in [1.82, 2.24) is 29.8 Å². The minimum Gasteiger partial charge on any atom is -0.311 e. The van der Waals surface area contributed by atoms with Gasteiger partial charge >= 0.3 is 6.18 Å². The molecule has 1 aromatic carbocycles. The van der Waals surface area contributed by atoms with Crippen molar-refractivity contribution < 1.29 is 13.2 Å². The zero-order chi connectivity index (χ0) is 22.7. The molecule has 2 saturated heterocycles. The van der Waals surface area contributed by atoms with Gasteiger partial charge in [-0.15, -0.1) is 10.2 Å². The Morgan fingerprint density at radius 2 is 2.00 bits per heavy atom. The van der Waals surface area contributed by atoms with Crippen LogP contribution in [0.3, 0.4) is 0 Å². The first-order valence-electron chi connectivity index (χ1n) is 11.2. The van der Waals surface area contributed by atoms with Gasteiger partial charge in [0.1, 0.15) is 11.7 Å². The van der Waals surface area contributed by atoms with E-state index in [1.807, 2.05) is 30.3 Å². The molecule has 0 unspecified atom stereocenters. The van der Waals surface area contributed by atoms with Crippen LogP contribution in [-0.4, -0.2) is 55.8 Å². The van der Waals surface area contributed by atoms with E-state index in [9.17, 15) is 13.2 Å².